The highest BCUT2D eigenvalue weighted by molar-refractivity contribution is 6.21. The number of halogens is 4. The molecular formula is C27H25F4N5O2. The van der Waals surface area contributed by atoms with E-state index in [1.807, 2.05) is 0 Å². The summed E-state index contributed by atoms with van der Waals surface area (Å²) in [6, 6.07) is 8.06. The van der Waals surface area contributed by atoms with Crippen molar-refractivity contribution in [1.82, 2.24) is 14.9 Å². The summed E-state index contributed by atoms with van der Waals surface area (Å²) >= 11 is 0. The molecular weight excluding hydrogens is 502 g/mol. The summed E-state index contributed by atoms with van der Waals surface area (Å²) in [5.74, 6) is -0.834. The number of benzene rings is 2. The number of nitrogens with zero attached hydrogens (tertiary/aromatic N) is 4. The van der Waals surface area contributed by atoms with Crippen LogP contribution in [0.1, 0.15) is 36.1 Å². The largest absolute Gasteiger partial charge is 0.480 e. The van der Waals surface area contributed by atoms with Crippen molar-refractivity contribution in [1.29, 1.82) is 0 Å². The van der Waals surface area contributed by atoms with Gasteiger partial charge in [-0.25, -0.2) is 9.37 Å². The van der Waals surface area contributed by atoms with Gasteiger partial charge in [0.25, 0.3) is 5.91 Å². The van der Waals surface area contributed by atoms with Crippen LogP contribution in [-0.4, -0.2) is 40.6 Å². The second kappa shape index (κ2) is 10.6. The van der Waals surface area contributed by atoms with Gasteiger partial charge in [0, 0.05) is 37.0 Å². The van der Waals surface area contributed by atoms with Crippen LogP contribution < -0.4 is 10.5 Å². The van der Waals surface area contributed by atoms with Crippen LogP contribution in [0.3, 0.4) is 0 Å². The minimum absolute atomic E-state index is 0.142. The number of hydrogen-bond donors (Lipinski definition) is 1. The Morgan fingerprint density at radius 1 is 1.21 bits per heavy atom. The first-order valence-corrected chi connectivity index (χ1v) is 11.6. The maximum absolute atomic E-state index is 14.4. The molecule has 2 N–H and O–H groups in total. The summed E-state index contributed by atoms with van der Waals surface area (Å²) < 4.78 is 59.8. The van der Waals surface area contributed by atoms with Crippen molar-refractivity contribution in [3.05, 3.63) is 88.6 Å². The maximum Gasteiger partial charge on any atom is 0.416 e. The van der Waals surface area contributed by atoms with Crippen LogP contribution in [0.2, 0.25) is 0 Å². The number of aliphatic imine (C=N–C) groups is 1. The van der Waals surface area contributed by atoms with Gasteiger partial charge in [0.05, 0.1) is 42.4 Å². The van der Waals surface area contributed by atoms with Gasteiger partial charge in [-0.05, 0) is 42.3 Å². The van der Waals surface area contributed by atoms with Gasteiger partial charge in [-0.1, -0.05) is 18.2 Å². The molecule has 1 aliphatic rings. The van der Waals surface area contributed by atoms with Gasteiger partial charge >= 0.3 is 6.18 Å². The molecule has 1 amide bonds. The predicted octanol–water partition coefficient (Wildman–Crippen LogP) is 5.09. The first-order valence-electron chi connectivity index (χ1n) is 11.6. The normalized spacial score (nSPS) is 16.7. The Balaban J connectivity index is 1.87. The number of aromatic nitrogens is 2. The van der Waals surface area contributed by atoms with Crippen molar-refractivity contribution in [3.63, 3.8) is 0 Å². The minimum Gasteiger partial charge on any atom is -0.480 e. The number of nitrogens with two attached hydrogens (primary N) is 1. The van der Waals surface area contributed by atoms with Crippen LogP contribution in [-0.2, 0) is 17.5 Å². The van der Waals surface area contributed by atoms with Crippen LogP contribution in [0.4, 0.5) is 17.6 Å². The van der Waals surface area contributed by atoms with Crippen LogP contribution >= 0.6 is 0 Å². The van der Waals surface area contributed by atoms with Crippen molar-refractivity contribution >= 4 is 11.6 Å². The molecule has 0 aliphatic carbocycles. The Labute approximate surface area is 216 Å². The Bertz CT molecular complexity index is 1430. The maximum atomic E-state index is 14.4. The molecule has 1 aromatic heterocycles. The summed E-state index contributed by atoms with van der Waals surface area (Å²) in [5.41, 5.74) is 7.82. The van der Waals surface area contributed by atoms with Crippen molar-refractivity contribution in [3.8, 4) is 17.1 Å². The van der Waals surface area contributed by atoms with Gasteiger partial charge in [-0.2, -0.15) is 13.2 Å². The number of rotatable bonds is 6. The Morgan fingerprint density at radius 2 is 1.97 bits per heavy atom. The van der Waals surface area contributed by atoms with Gasteiger partial charge in [-0.3, -0.25) is 14.8 Å². The van der Waals surface area contributed by atoms with E-state index in [0.29, 0.717) is 22.5 Å². The molecule has 2 heterocycles. The zero-order valence-corrected chi connectivity index (χ0v) is 20.9. The molecule has 7 nitrogen and oxygen atoms in total. The van der Waals surface area contributed by atoms with Crippen molar-refractivity contribution in [2.75, 3.05) is 14.2 Å². The predicted molar refractivity (Wildman–Crippen MR) is 134 cm³/mol. The second-order valence-electron chi connectivity index (χ2n) is 8.74. The summed E-state index contributed by atoms with van der Waals surface area (Å²) in [6.07, 6.45) is -1.58. The van der Waals surface area contributed by atoms with E-state index < -0.39 is 29.5 Å². The molecule has 198 valence electrons. The van der Waals surface area contributed by atoms with Crippen LogP contribution in [0.5, 0.6) is 5.88 Å². The number of hydrogen-bond acceptors (Lipinski definition) is 6. The van der Waals surface area contributed by atoms with E-state index in [4.69, 9.17) is 10.5 Å². The van der Waals surface area contributed by atoms with Crippen LogP contribution in [0, 0.1) is 5.82 Å². The molecule has 0 spiro atoms. The van der Waals surface area contributed by atoms with Gasteiger partial charge in [0.1, 0.15) is 5.82 Å². The third kappa shape index (κ3) is 5.36. The highest BCUT2D eigenvalue weighted by Gasteiger charge is 2.37. The molecule has 4 rings (SSSR count). The average Bonchev–Trinajstić information content (AvgIpc) is 2.89. The standard InChI is InChI=1S/C27H25F4N5O2/c1-15(33-2)25-21(32)11-23(36(26(25)37)14-16-5-4-6-17(9-16)27(29,30)31)19-8-7-18(28)10-20(19)22-12-34-13-24(35-22)38-3/h4-10,12-13,23H,11,14,32H2,1-3H3/t23-/m1/s1. The smallest absolute Gasteiger partial charge is 0.416 e. The number of amides is 1. The molecule has 0 unspecified atom stereocenters. The molecule has 0 fully saturated rings. The van der Waals surface area contributed by atoms with Gasteiger partial charge in [0.2, 0.25) is 5.88 Å². The van der Waals surface area contributed by atoms with Crippen molar-refractivity contribution in [2.45, 2.75) is 32.1 Å². The highest BCUT2D eigenvalue weighted by Crippen LogP contribution is 2.40. The second-order valence-corrected chi connectivity index (χ2v) is 8.74. The summed E-state index contributed by atoms with van der Waals surface area (Å²) in [6.45, 7) is 1.49. The van der Waals surface area contributed by atoms with E-state index in [1.54, 1.807) is 6.92 Å². The van der Waals surface area contributed by atoms with E-state index >= 15 is 0 Å². The zero-order chi connectivity index (χ0) is 27.6. The number of carbonyl (C=O) groups excluding carboxylic acids is 1. The van der Waals surface area contributed by atoms with Crippen molar-refractivity contribution in [2.24, 2.45) is 10.7 Å². The molecule has 1 atom stereocenters. The molecule has 0 bridgehead atoms. The fourth-order valence-corrected chi connectivity index (χ4v) is 4.46. The summed E-state index contributed by atoms with van der Waals surface area (Å²) in [5, 5.41) is 0. The number of ether oxygens (including phenoxy) is 1. The lowest BCUT2D eigenvalue weighted by atomic mass is 9.88. The van der Waals surface area contributed by atoms with E-state index in [9.17, 15) is 22.4 Å². The lowest BCUT2D eigenvalue weighted by Crippen LogP contribution is -2.42. The molecule has 0 saturated carbocycles. The summed E-state index contributed by atoms with van der Waals surface area (Å²) in [7, 11) is 2.94. The lowest BCUT2D eigenvalue weighted by molar-refractivity contribution is -0.137. The third-order valence-electron chi connectivity index (χ3n) is 6.36. The average molecular weight is 528 g/mol. The molecule has 2 aromatic carbocycles. The Hall–Kier alpha value is -4.28. The Morgan fingerprint density at radius 3 is 2.66 bits per heavy atom. The highest BCUT2D eigenvalue weighted by atomic mass is 19.4. The lowest BCUT2D eigenvalue weighted by Gasteiger charge is -2.38. The number of alkyl halides is 3. The molecule has 1 aliphatic heterocycles. The minimum atomic E-state index is -4.54. The van der Waals surface area contributed by atoms with E-state index in [0.717, 1.165) is 12.1 Å². The van der Waals surface area contributed by atoms with E-state index in [2.05, 4.69) is 15.0 Å². The first-order chi connectivity index (χ1) is 18.0. The van der Waals surface area contributed by atoms with Gasteiger partial charge in [0.15, 0.2) is 0 Å². The van der Waals surface area contributed by atoms with Crippen LogP contribution in [0.15, 0.2) is 71.1 Å². The number of methoxy groups -OCH3 is 1. The third-order valence-corrected chi connectivity index (χ3v) is 6.36. The molecule has 11 heteroatoms. The topological polar surface area (TPSA) is 93.7 Å². The molecule has 3 aromatic rings. The fourth-order valence-electron chi connectivity index (χ4n) is 4.46. The number of carbonyl (C=O) groups is 1. The summed E-state index contributed by atoms with van der Waals surface area (Å²) in [4.78, 5) is 27.8. The fraction of sp³-hybridized carbons (Fsp3) is 0.259. The molecule has 0 radical (unpaired) electrons. The van der Waals surface area contributed by atoms with Crippen molar-refractivity contribution < 1.29 is 27.1 Å². The molecule has 0 saturated heterocycles. The first kappa shape index (κ1) is 26.8. The van der Waals surface area contributed by atoms with E-state index in [1.165, 1.54) is 61.8 Å². The van der Waals surface area contributed by atoms with Crippen LogP contribution in [0.25, 0.3) is 11.3 Å². The van der Waals surface area contributed by atoms with Gasteiger partial charge < -0.3 is 15.4 Å². The zero-order valence-electron chi connectivity index (χ0n) is 20.9. The quantitative estimate of drug-likeness (QED) is 0.356. The van der Waals surface area contributed by atoms with E-state index in [-0.39, 0.29) is 35.7 Å². The SMILES string of the molecule is CN=C(C)C1=C(N)C[C@H](c2ccc(F)cc2-c2cncc(OC)n2)N(Cc2cccc(C(F)(F)F)c2)C1=O. The van der Waals surface area contributed by atoms with Gasteiger partial charge in [-0.15, -0.1) is 0 Å². The Kier molecular flexibility index (Phi) is 7.47. The monoisotopic (exact) mass is 527 g/mol. The molecule has 38 heavy (non-hydrogen) atoms.